The van der Waals surface area contributed by atoms with Gasteiger partial charge in [0.25, 0.3) is 5.91 Å². The topological polar surface area (TPSA) is 32.8 Å². The quantitative estimate of drug-likeness (QED) is 0.703. The Kier molecular flexibility index (Phi) is 6.51. The van der Waals surface area contributed by atoms with E-state index < -0.39 is 0 Å². The second-order valence-corrected chi connectivity index (χ2v) is 6.73. The number of carbonyl (C=O) groups is 1. The van der Waals surface area contributed by atoms with Crippen molar-refractivity contribution >= 4 is 37.8 Å². The molecule has 0 atom stereocenters. The van der Waals surface area contributed by atoms with Crippen LogP contribution < -0.4 is 4.74 Å². The van der Waals surface area contributed by atoms with E-state index in [0.29, 0.717) is 11.3 Å². The molecule has 4 nitrogen and oxygen atoms in total. The summed E-state index contributed by atoms with van der Waals surface area (Å²) in [5, 5.41) is 0.974. The third-order valence-electron chi connectivity index (χ3n) is 3.67. The molecule has 116 valence electrons. The molecule has 1 aromatic rings. The Bertz CT molecular complexity index is 497. The highest BCUT2D eigenvalue weighted by Crippen LogP contribution is 2.25. The molecule has 0 spiro atoms. The van der Waals surface area contributed by atoms with Gasteiger partial charge in [0.15, 0.2) is 0 Å². The molecule has 1 heterocycles. The van der Waals surface area contributed by atoms with E-state index in [2.05, 4.69) is 36.8 Å². The third kappa shape index (κ3) is 4.44. The maximum atomic E-state index is 12.7. The number of hydrogen-bond donors (Lipinski definition) is 0. The molecule has 6 heteroatoms. The smallest absolute Gasteiger partial charge is 0.257 e. The molecular formula is C15H20Br2N2O2. The van der Waals surface area contributed by atoms with E-state index in [1.807, 2.05) is 23.1 Å². The second kappa shape index (κ2) is 8.15. The highest BCUT2D eigenvalue weighted by Gasteiger charge is 2.22. The van der Waals surface area contributed by atoms with Crippen LogP contribution in [0.4, 0.5) is 0 Å². The number of amides is 1. The van der Waals surface area contributed by atoms with Gasteiger partial charge in [-0.2, -0.15) is 0 Å². The molecule has 2 rings (SSSR count). The van der Waals surface area contributed by atoms with Crippen LogP contribution in [0.15, 0.2) is 22.7 Å². The molecule has 0 N–H and O–H groups in total. The van der Waals surface area contributed by atoms with Crippen molar-refractivity contribution in [2.75, 3.05) is 45.2 Å². The number of hydrogen-bond acceptors (Lipinski definition) is 3. The summed E-state index contributed by atoms with van der Waals surface area (Å²) in [4.78, 5) is 17.0. The Morgan fingerprint density at radius 2 is 2.10 bits per heavy atom. The first-order chi connectivity index (χ1) is 10.2. The molecule has 1 aliphatic rings. The Morgan fingerprint density at radius 3 is 2.81 bits per heavy atom. The monoisotopic (exact) mass is 418 g/mol. The fourth-order valence-electron chi connectivity index (χ4n) is 2.53. The van der Waals surface area contributed by atoms with Crippen molar-refractivity contribution in [1.29, 1.82) is 0 Å². The van der Waals surface area contributed by atoms with Crippen molar-refractivity contribution in [2.45, 2.75) is 6.42 Å². The second-order valence-electron chi connectivity index (χ2n) is 5.02. The lowest BCUT2D eigenvalue weighted by Gasteiger charge is -2.22. The van der Waals surface area contributed by atoms with Crippen molar-refractivity contribution in [3.8, 4) is 5.75 Å². The van der Waals surface area contributed by atoms with Crippen LogP contribution in [0.2, 0.25) is 0 Å². The SMILES string of the molecule is COc1cc(Br)ccc1C(=O)N1CCCN(CCBr)CC1. The number of rotatable bonds is 4. The van der Waals surface area contributed by atoms with E-state index >= 15 is 0 Å². The van der Waals surface area contributed by atoms with Crippen LogP contribution in [0.25, 0.3) is 0 Å². The molecule has 0 bridgehead atoms. The minimum absolute atomic E-state index is 0.0556. The van der Waals surface area contributed by atoms with Crippen molar-refractivity contribution in [3.05, 3.63) is 28.2 Å². The highest BCUT2D eigenvalue weighted by molar-refractivity contribution is 9.10. The van der Waals surface area contributed by atoms with Crippen LogP contribution in [-0.4, -0.2) is 60.9 Å². The van der Waals surface area contributed by atoms with E-state index in [0.717, 1.165) is 48.9 Å². The lowest BCUT2D eigenvalue weighted by atomic mass is 10.1. The molecule has 21 heavy (non-hydrogen) atoms. The maximum absolute atomic E-state index is 12.7. The molecule has 1 saturated heterocycles. The number of benzene rings is 1. The minimum atomic E-state index is 0.0556. The van der Waals surface area contributed by atoms with E-state index in [9.17, 15) is 4.79 Å². The summed E-state index contributed by atoms with van der Waals surface area (Å²) in [5.41, 5.74) is 0.634. The molecule has 0 aromatic heterocycles. The molecule has 0 aliphatic carbocycles. The molecule has 0 saturated carbocycles. The van der Waals surface area contributed by atoms with Crippen LogP contribution in [0.1, 0.15) is 16.8 Å². The van der Waals surface area contributed by atoms with Gasteiger partial charge >= 0.3 is 0 Å². The van der Waals surface area contributed by atoms with Crippen LogP contribution in [0.3, 0.4) is 0 Å². The Labute approximate surface area is 142 Å². The van der Waals surface area contributed by atoms with Gasteiger partial charge in [-0.15, -0.1) is 0 Å². The summed E-state index contributed by atoms with van der Waals surface area (Å²) in [6.45, 7) is 4.58. The normalized spacial score (nSPS) is 16.6. The van der Waals surface area contributed by atoms with Gasteiger partial charge < -0.3 is 14.5 Å². The fraction of sp³-hybridized carbons (Fsp3) is 0.533. The van der Waals surface area contributed by atoms with E-state index in [4.69, 9.17) is 4.74 Å². The fourth-order valence-corrected chi connectivity index (χ4v) is 3.37. The first-order valence-corrected chi connectivity index (χ1v) is 8.98. The molecule has 1 aromatic carbocycles. The molecule has 1 aliphatic heterocycles. The van der Waals surface area contributed by atoms with Gasteiger partial charge in [-0.1, -0.05) is 31.9 Å². The summed E-state index contributed by atoms with van der Waals surface area (Å²) in [5.74, 6) is 0.677. The summed E-state index contributed by atoms with van der Waals surface area (Å²) >= 11 is 6.88. The van der Waals surface area contributed by atoms with E-state index in [1.54, 1.807) is 7.11 Å². The van der Waals surface area contributed by atoms with Gasteiger partial charge in [0.1, 0.15) is 5.75 Å². The molecule has 1 amide bonds. The summed E-state index contributed by atoms with van der Waals surface area (Å²) < 4.78 is 6.25. The zero-order valence-electron chi connectivity index (χ0n) is 12.1. The molecule has 0 radical (unpaired) electrons. The molecule has 0 unspecified atom stereocenters. The lowest BCUT2D eigenvalue weighted by Crippen LogP contribution is -2.35. The number of nitrogens with zero attached hydrogens (tertiary/aromatic N) is 2. The van der Waals surface area contributed by atoms with Gasteiger partial charge in [-0.05, 0) is 31.2 Å². The van der Waals surface area contributed by atoms with Gasteiger partial charge in [0.2, 0.25) is 0 Å². The first-order valence-electron chi connectivity index (χ1n) is 7.07. The number of ether oxygens (including phenoxy) is 1. The number of carbonyl (C=O) groups excluding carboxylic acids is 1. The summed E-state index contributed by atoms with van der Waals surface area (Å²) in [7, 11) is 1.60. The van der Waals surface area contributed by atoms with Crippen molar-refractivity contribution in [3.63, 3.8) is 0 Å². The Morgan fingerprint density at radius 1 is 1.29 bits per heavy atom. The van der Waals surface area contributed by atoms with Crippen LogP contribution in [0, 0.1) is 0 Å². The molecule has 1 fully saturated rings. The van der Waals surface area contributed by atoms with E-state index in [-0.39, 0.29) is 5.91 Å². The highest BCUT2D eigenvalue weighted by atomic mass is 79.9. The Hall–Kier alpha value is -0.590. The van der Waals surface area contributed by atoms with Gasteiger partial charge in [0, 0.05) is 36.0 Å². The van der Waals surface area contributed by atoms with Crippen molar-refractivity contribution in [1.82, 2.24) is 9.80 Å². The maximum Gasteiger partial charge on any atom is 0.257 e. The Balaban J connectivity index is 2.09. The largest absolute Gasteiger partial charge is 0.496 e. The zero-order chi connectivity index (χ0) is 15.2. The average molecular weight is 420 g/mol. The third-order valence-corrected chi connectivity index (χ3v) is 4.52. The first kappa shape index (κ1) is 16.8. The predicted molar refractivity (Wildman–Crippen MR) is 91.4 cm³/mol. The van der Waals surface area contributed by atoms with E-state index in [1.165, 1.54) is 0 Å². The predicted octanol–water partition coefficient (Wildman–Crippen LogP) is 3.00. The van der Waals surface area contributed by atoms with Crippen molar-refractivity contribution < 1.29 is 9.53 Å². The average Bonchev–Trinajstić information content (AvgIpc) is 2.72. The van der Waals surface area contributed by atoms with Crippen LogP contribution in [0.5, 0.6) is 5.75 Å². The number of halogens is 2. The van der Waals surface area contributed by atoms with Gasteiger partial charge in [-0.25, -0.2) is 0 Å². The molecular weight excluding hydrogens is 400 g/mol. The van der Waals surface area contributed by atoms with Crippen molar-refractivity contribution in [2.24, 2.45) is 0 Å². The van der Waals surface area contributed by atoms with Gasteiger partial charge in [-0.3, -0.25) is 4.79 Å². The minimum Gasteiger partial charge on any atom is -0.496 e. The zero-order valence-corrected chi connectivity index (χ0v) is 15.3. The van der Waals surface area contributed by atoms with Crippen LogP contribution >= 0.6 is 31.9 Å². The van der Waals surface area contributed by atoms with Crippen LogP contribution in [-0.2, 0) is 0 Å². The lowest BCUT2D eigenvalue weighted by molar-refractivity contribution is 0.0758. The summed E-state index contributed by atoms with van der Waals surface area (Å²) in [6.07, 6.45) is 1.01. The summed E-state index contributed by atoms with van der Waals surface area (Å²) in [6, 6.07) is 5.54. The van der Waals surface area contributed by atoms with Gasteiger partial charge in [0.05, 0.1) is 12.7 Å². The standard InChI is InChI=1S/C15H20Br2N2O2/c1-21-14-11-12(17)3-4-13(14)15(20)19-7-2-6-18(8-5-16)9-10-19/h3-4,11H,2,5-10H2,1H3. The number of alkyl halides is 1. The number of methoxy groups -OCH3 is 1.